The number of carbonyl (C=O) groups is 3. The average molecular weight is 269 g/mol. The predicted octanol–water partition coefficient (Wildman–Crippen LogP) is -1.18. The predicted molar refractivity (Wildman–Crippen MR) is 66.0 cm³/mol. The summed E-state index contributed by atoms with van der Waals surface area (Å²) in [7, 11) is 0. The highest BCUT2D eigenvalue weighted by atomic mass is 16.4. The quantitative estimate of drug-likeness (QED) is 0.500. The first-order chi connectivity index (χ1) is 8.99. The molecule has 106 valence electrons. The molecule has 0 bridgehead atoms. The summed E-state index contributed by atoms with van der Waals surface area (Å²) in [5.74, 6) is -1.54. The number of primary amides is 1. The lowest BCUT2D eigenvalue weighted by molar-refractivity contribution is -0.143. The van der Waals surface area contributed by atoms with Crippen LogP contribution in [0.15, 0.2) is 0 Å². The molecule has 1 saturated carbocycles. The van der Waals surface area contributed by atoms with Gasteiger partial charge in [0.1, 0.15) is 6.04 Å². The van der Waals surface area contributed by atoms with E-state index in [-0.39, 0.29) is 24.3 Å². The van der Waals surface area contributed by atoms with Gasteiger partial charge >= 0.3 is 5.97 Å². The van der Waals surface area contributed by atoms with Crippen molar-refractivity contribution < 1.29 is 19.5 Å². The molecular formula is C12H19N3O4. The second-order valence-corrected chi connectivity index (χ2v) is 5.31. The SMILES string of the molecule is NC(=O)C[C@@H](NC(=O)C1NCC2CCCC21)C(=O)O. The molecule has 0 aromatic carbocycles. The van der Waals surface area contributed by atoms with Crippen molar-refractivity contribution in [1.29, 1.82) is 0 Å². The molecule has 19 heavy (non-hydrogen) atoms. The standard InChI is InChI=1S/C12H19N3O4/c13-9(16)4-8(12(18)19)15-11(17)10-7-3-1-2-6(7)5-14-10/h6-8,10,14H,1-5H2,(H2,13,16)(H,15,17)(H,18,19)/t6?,7?,8-,10?/m1/s1. The largest absolute Gasteiger partial charge is 0.480 e. The summed E-state index contributed by atoms with van der Waals surface area (Å²) in [4.78, 5) is 33.9. The second-order valence-electron chi connectivity index (χ2n) is 5.31. The van der Waals surface area contributed by atoms with Gasteiger partial charge in [0.15, 0.2) is 0 Å². The summed E-state index contributed by atoms with van der Waals surface area (Å²) < 4.78 is 0. The maximum Gasteiger partial charge on any atom is 0.326 e. The first kappa shape index (κ1) is 13.8. The summed E-state index contributed by atoms with van der Waals surface area (Å²) in [6, 6.07) is -1.59. The molecule has 4 atom stereocenters. The Labute approximate surface area is 110 Å². The van der Waals surface area contributed by atoms with Gasteiger partial charge in [-0.2, -0.15) is 0 Å². The van der Waals surface area contributed by atoms with Crippen molar-refractivity contribution in [2.75, 3.05) is 6.54 Å². The highest BCUT2D eigenvalue weighted by Gasteiger charge is 2.43. The van der Waals surface area contributed by atoms with Crippen molar-refractivity contribution in [3.05, 3.63) is 0 Å². The molecular weight excluding hydrogens is 250 g/mol. The van der Waals surface area contributed by atoms with E-state index < -0.39 is 17.9 Å². The molecule has 0 aromatic rings. The lowest BCUT2D eigenvalue weighted by Crippen LogP contribution is -2.51. The van der Waals surface area contributed by atoms with E-state index >= 15 is 0 Å². The molecule has 0 aromatic heterocycles. The minimum Gasteiger partial charge on any atom is -0.480 e. The number of amides is 2. The Morgan fingerprint density at radius 3 is 2.74 bits per heavy atom. The molecule has 3 unspecified atom stereocenters. The van der Waals surface area contributed by atoms with E-state index in [1.54, 1.807) is 0 Å². The van der Waals surface area contributed by atoms with Crippen LogP contribution in [0.4, 0.5) is 0 Å². The van der Waals surface area contributed by atoms with Crippen molar-refractivity contribution in [2.45, 2.75) is 37.8 Å². The maximum absolute atomic E-state index is 12.1. The van der Waals surface area contributed by atoms with Gasteiger partial charge < -0.3 is 21.5 Å². The first-order valence-corrected chi connectivity index (χ1v) is 6.54. The molecule has 2 aliphatic rings. The fraction of sp³-hybridized carbons (Fsp3) is 0.750. The van der Waals surface area contributed by atoms with Gasteiger partial charge in [0, 0.05) is 0 Å². The van der Waals surface area contributed by atoms with Gasteiger partial charge in [-0.3, -0.25) is 9.59 Å². The van der Waals surface area contributed by atoms with Gasteiger partial charge in [-0.15, -0.1) is 0 Å². The molecule has 2 rings (SSSR count). The number of hydrogen-bond acceptors (Lipinski definition) is 4. The van der Waals surface area contributed by atoms with Gasteiger partial charge in [0.2, 0.25) is 11.8 Å². The average Bonchev–Trinajstić information content (AvgIpc) is 2.88. The van der Waals surface area contributed by atoms with E-state index in [0.717, 1.165) is 25.8 Å². The maximum atomic E-state index is 12.1. The van der Waals surface area contributed by atoms with Crippen LogP contribution >= 0.6 is 0 Å². The van der Waals surface area contributed by atoms with Crippen molar-refractivity contribution in [2.24, 2.45) is 17.6 Å². The Hall–Kier alpha value is -1.63. The minimum atomic E-state index is -1.24. The summed E-state index contributed by atoms with van der Waals surface area (Å²) >= 11 is 0. The number of carboxylic acids is 1. The number of carboxylic acid groups (broad SMARTS) is 1. The van der Waals surface area contributed by atoms with Crippen molar-refractivity contribution in [3.8, 4) is 0 Å². The number of fused-ring (bicyclic) bond motifs is 1. The first-order valence-electron chi connectivity index (χ1n) is 6.54. The Morgan fingerprint density at radius 1 is 1.37 bits per heavy atom. The molecule has 7 heteroatoms. The number of nitrogens with two attached hydrogens (primary N) is 1. The van der Waals surface area contributed by atoms with E-state index in [1.165, 1.54) is 0 Å². The Bertz CT molecular complexity index is 398. The van der Waals surface area contributed by atoms with Gasteiger partial charge in [0.05, 0.1) is 12.5 Å². The van der Waals surface area contributed by atoms with Crippen LogP contribution in [0.25, 0.3) is 0 Å². The van der Waals surface area contributed by atoms with E-state index in [1.807, 2.05) is 0 Å². The summed E-state index contributed by atoms with van der Waals surface area (Å²) in [6.45, 7) is 0.802. The van der Waals surface area contributed by atoms with Crippen LogP contribution in [0.3, 0.4) is 0 Å². The Balaban J connectivity index is 1.95. The van der Waals surface area contributed by atoms with Crippen LogP contribution in [-0.2, 0) is 14.4 Å². The smallest absolute Gasteiger partial charge is 0.326 e. The zero-order chi connectivity index (χ0) is 14.0. The summed E-state index contributed by atoms with van der Waals surface area (Å²) in [5, 5.41) is 14.5. The Kier molecular flexibility index (Phi) is 4.04. The van der Waals surface area contributed by atoms with Gasteiger partial charge in [-0.05, 0) is 31.2 Å². The van der Waals surface area contributed by atoms with E-state index in [0.29, 0.717) is 5.92 Å². The molecule has 5 N–H and O–H groups in total. The third-order valence-corrected chi connectivity index (χ3v) is 4.05. The normalized spacial score (nSPS) is 30.6. The third-order valence-electron chi connectivity index (χ3n) is 4.05. The zero-order valence-electron chi connectivity index (χ0n) is 10.6. The van der Waals surface area contributed by atoms with Gasteiger partial charge in [-0.25, -0.2) is 4.79 Å². The number of rotatable bonds is 5. The fourth-order valence-corrected chi connectivity index (χ4v) is 3.14. The number of hydrogen-bond donors (Lipinski definition) is 4. The number of aliphatic carboxylic acids is 1. The van der Waals surface area contributed by atoms with Crippen molar-refractivity contribution in [1.82, 2.24) is 10.6 Å². The molecule has 1 aliphatic carbocycles. The summed E-state index contributed by atoms with van der Waals surface area (Å²) in [5.41, 5.74) is 4.98. The minimum absolute atomic E-state index is 0.281. The highest BCUT2D eigenvalue weighted by molar-refractivity contribution is 5.90. The van der Waals surface area contributed by atoms with Crippen LogP contribution < -0.4 is 16.4 Å². The molecule has 1 aliphatic heterocycles. The molecule has 7 nitrogen and oxygen atoms in total. The Morgan fingerprint density at radius 2 is 2.11 bits per heavy atom. The van der Waals surface area contributed by atoms with Crippen molar-refractivity contribution in [3.63, 3.8) is 0 Å². The summed E-state index contributed by atoms with van der Waals surface area (Å²) in [6.07, 6.45) is 2.83. The van der Waals surface area contributed by atoms with E-state index in [2.05, 4.69) is 10.6 Å². The molecule has 0 spiro atoms. The zero-order valence-corrected chi connectivity index (χ0v) is 10.6. The van der Waals surface area contributed by atoms with Crippen molar-refractivity contribution >= 4 is 17.8 Å². The number of nitrogens with one attached hydrogen (secondary N) is 2. The highest BCUT2D eigenvalue weighted by Crippen LogP contribution is 2.37. The van der Waals surface area contributed by atoms with Gasteiger partial charge in [0.25, 0.3) is 0 Å². The number of carbonyl (C=O) groups excluding carboxylic acids is 2. The molecule has 0 radical (unpaired) electrons. The topological polar surface area (TPSA) is 122 Å². The van der Waals surface area contributed by atoms with Crippen LogP contribution in [0.5, 0.6) is 0 Å². The third kappa shape index (κ3) is 3.04. The van der Waals surface area contributed by atoms with Crippen LogP contribution in [0.1, 0.15) is 25.7 Å². The van der Waals surface area contributed by atoms with Gasteiger partial charge in [-0.1, -0.05) is 6.42 Å². The second kappa shape index (κ2) is 5.56. The van der Waals surface area contributed by atoms with Crippen LogP contribution in [0, 0.1) is 11.8 Å². The lowest BCUT2D eigenvalue weighted by Gasteiger charge is -2.20. The molecule has 1 saturated heterocycles. The molecule has 2 amide bonds. The monoisotopic (exact) mass is 269 g/mol. The lowest BCUT2D eigenvalue weighted by atomic mass is 9.93. The molecule has 1 heterocycles. The van der Waals surface area contributed by atoms with E-state index in [9.17, 15) is 14.4 Å². The van der Waals surface area contributed by atoms with E-state index in [4.69, 9.17) is 10.8 Å². The van der Waals surface area contributed by atoms with Crippen LogP contribution in [-0.4, -0.2) is 41.5 Å². The fourth-order valence-electron chi connectivity index (χ4n) is 3.14. The molecule has 2 fully saturated rings. The van der Waals surface area contributed by atoms with Crippen LogP contribution in [0.2, 0.25) is 0 Å².